The number of fused-ring (bicyclic) bond motifs is 2. The largest absolute Gasteiger partial charge is 0.336 e. The lowest BCUT2D eigenvalue weighted by Crippen LogP contribution is -2.32. The minimum Gasteiger partial charge on any atom is -0.336 e. The Labute approximate surface area is 165 Å². The molecule has 0 bridgehead atoms. The number of aromatic nitrogens is 1. The van der Waals surface area contributed by atoms with Crippen LogP contribution in [0.3, 0.4) is 0 Å². The Kier molecular flexibility index (Phi) is 4.18. The van der Waals surface area contributed by atoms with E-state index in [1.54, 1.807) is 4.90 Å². The van der Waals surface area contributed by atoms with Gasteiger partial charge in [-0.1, -0.05) is 6.07 Å². The fourth-order valence-electron chi connectivity index (χ4n) is 5.09. The van der Waals surface area contributed by atoms with Crippen molar-refractivity contribution >= 4 is 17.5 Å². The van der Waals surface area contributed by atoms with Crippen molar-refractivity contribution in [3.8, 4) is 11.1 Å². The average molecular weight is 375 g/mol. The number of amides is 2. The van der Waals surface area contributed by atoms with E-state index in [2.05, 4.69) is 28.1 Å². The predicted molar refractivity (Wildman–Crippen MR) is 108 cm³/mol. The molecule has 28 heavy (non-hydrogen) atoms. The van der Waals surface area contributed by atoms with Gasteiger partial charge in [0.05, 0.1) is 6.04 Å². The molecule has 0 spiro atoms. The first-order chi connectivity index (χ1) is 13.6. The van der Waals surface area contributed by atoms with Gasteiger partial charge in [-0.2, -0.15) is 0 Å². The molecule has 0 N–H and O–H groups in total. The number of carbonyl (C=O) groups is 2. The fraction of sp³-hybridized carbons (Fsp3) is 0.435. The summed E-state index contributed by atoms with van der Waals surface area (Å²) in [6.07, 6.45) is 10.1. The summed E-state index contributed by atoms with van der Waals surface area (Å²) in [5.41, 5.74) is 7.14. The number of hydrogen-bond acceptors (Lipinski definition) is 3. The van der Waals surface area contributed by atoms with Crippen LogP contribution in [0.5, 0.6) is 0 Å². The van der Waals surface area contributed by atoms with Gasteiger partial charge in [0.25, 0.3) is 0 Å². The third-order valence-corrected chi connectivity index (χ3v) is 6.57. The SMILES string of the molecule is CN1C(=O)CCc2cc(-c3cncc4c3CCCC4N3CCCC3=O)ccc21. The van der Waals surface area contributed by atoms with Gasteiger partial charge in [0.2, 0.25) is 11.8 Å². The molecule has 5 heteroatoms. The van der Waals surface area contributed by atoms with Crippen molar-refractivity contribution in [1.82, 2.24) is 9.88 Å². The van der Waals surface area contributed by atoms with Crippen molar-refractivity contribution in [2.24, 2.45) is 0 Å². The van der Waals surface area contributed by atoms with E-state index < -0.39 is 0 Å². The van der Waals surface area contributed by atoms with Gasteiger partial charge in [-0.25, -0.2) is 0 Å². The minimum atomic E-state index is 0.174. The lowest BCUT2D eigenvalue weighted by Gasteiger charge is -2.34. The fourth-order valence-corrected chi connectivity index (χ4v) is 5.09. The summed E-state index contributed by atoms with van der Waals surface area (Å²) < 4.78 is 0. The van der Waals surface area contributed by atoms with Crippen LogP contribution in [0.15, 0.2) is 30.6 Å². The maximum absolute atomic E-state index is 12.3. The first-order valence-electron chi connectivity index (χ1n) is 10.3. The van der Waals surface area contributed by atoms with E-state index in [1.807, 2.05) is 19.4 Å². The van der Waals surface area contributed by atoms with Crippen LogP contribution in [0.1, 0.15) is 54.8 Å². The Morgan fingerprint density at radius 3 is 2.71 bits per heavy atom. The number of hydrogen-bond donors (Lipinski definition) is 0. The van der Waals surface area contributed by atoms with Crippen molar-refractivity contribution in [2.75, 3.05) is 18.5 Å². The molecule has 2 aliphatic heterocycles. The molecule has 0 radical (unpaired) electrons. The Hall–Kier alpha value is -2.69. The lowest BCUT2D eigenvalue weighted by atomic mass is 9.83. The molecule has 1 aliphatic carbocycles. The number of pyridine rings is 1. The second-order valence-corrected chi connectivity index (χ2v) is 8.15. The molecule has 5 nitrogen and oxygen atoms in total. The van der Waals surface area contributed by atoms with Crippen molar-refractivity contribution in [2.45, 2.75) is 51.0 Å². The Morgan fingerprint density at radius 2 is 1.89 bits per heavy atom. The van der Waals surface area contributed by atoms with Gasteiger partial charge in [-0.05, 0) is 66.5 Å². The summed E-state index contributed by atoms with van der Waals surface area (Å²) >= 11 is 0. The molecule has 1 aromatic heterocycles. The molecule has 1 atom stereocenters. The van der Waals surface area contributed by atoms with Crippen LogP contribution in [0.25, 0.3) is 11.1 Å². The molecular weight excluding hydrogens is 350 g/mol. The van der Waals surface area contributed by atoms with Crippen molar-refractivity contribution in [1.29, 1.82) is 0 Å². The molecular formula is C23H25N3O2. The van der Waals surface area contributed by atoms with E-state index in [0.29, 0.717) is 12.8 Å². The van der Waals surface area contributed by atoms with E-state index >= 15 is 0 Å². The highest BCUT2D eigenvalue weighted by atomic mass is 16.2. The van der Waals surface area contributed by atoms with E-state index in [9.17, 15) is 9.59 Å². The van der Waals surface area contributed by atoms with E-state index in [0.717, 1.165) is 44.3 Å². The second-order valence-electron chi connectivity index (χ2n) is 8.15. The average Bonchev–Trinajstić information content (AvgIpc) is 3.15. The molecule has 1 fully saturated rings. The van der Waals surface area contributed by atoms with Gasteiger partial charge in [-0.3, -0.25) is 14.6 Å². The molecule has 3 heterocycles. The molecule has 1 saturated heterocycles. The van der Waals surface area contributed by atoms with Crippen molar-refractivity contribution in [3.63, 3.8) is 0 Å². The molecule has 5 rings (SSSR count). The maximum Gasteiger partial charge on any atom is 0.227 e. The number of carbonyl (C=O) groups excluding carboxylic acids is 2. The van der Waals surface area contributed by atoms with Crippen molar-refractivity contribution < 1.29 is 9.59 Å². The van der Waals surface area contributed by atoms with Crippen LogP contribution < -0.4 is 4.90 Å². The van der Waals surface area contributed by atoms with Gasteiger partial charge in [0, 0.05) is 50.1 Å². The lowest BCUT2D eigenvalue weighted by molar-refractivity contribution is -0.130. The first-order valence-corrected chi connectivity index (χ1v) is 10.3. The maximum atomic E-state index is 12.3. The van der Waals surface area contributed by atoms with Gasteiger partial charge in [-0.15, -0.1) is 0 Å². The van der Waals surface area contributed by atoms with Crippen LogP contribution >= 0.6 is 0 Å². The highest BCUT2D eigenvalue weighted by molar-refractivity contribution is 5.96. The topological polar surface area (TPSA) is 53.5 Å². The van der Waals surface area contributed by atoms with Gasteiger partial charge < -0.3 is 9.80 Å². The van der Waals surface area contributed by atoms with E-state index in [1.165, 1.54) is 27.8 Å². The number of anilines is 1. The highest BCUT2D eigenvalue weighted by Crippen LogP contribution is 2.41. The van der Waals surface area contributed by atoms with Gasteiger partial charge >= 0.3 is 0 Å². The minimum absolute atomic E-state index is 0.174. The highest BCUT2D eigenvalue weighted by Gasteiger charge is 2.33. The van der Waals surface area contributed by atoms with Crippen LogP contribution in [-0.4, -0.2) is 35.3 Å². The molecule has 0 saturated carbocycles. The third-order valence-electron chi connectivity index (χ3n) is 6.57. The standard InChI is InChI=1S/C23H25N3O2/c1-25-20-9-7-15(12-16(20)8-10-22(25)27)18-13-24-14-19-17(18)4-2-5-21(19)26-11-3-6-23(26)28/h7,9,12-14,21H,2-6,8,10-11H2,1H3. The van der Waals surface area contributed by atoms with Gasteiger partial charge in [0.1, 0.15) is 0 Å². The number of nitrogens with zero attached hydrogens (tertiary/aromatic N) is 3. The summed E-state index contributed by atoms with van der Waals surface area (Å²) in [6, 6.07) is 6.56. The first kappa shape index (κ1) is 17.4. The number of likely N-dealkylation sites (tertiary alicyclic amines) is 1. The van der Waals surface area contributed by atoms with Crippen LogP contribution in [0, 0.1) is 0 Å². The summed E-state index contributed by atoms with van der Waals surface area (Å²) in [7, 11) is 1.85. The smallest absolute Gasteiger partial charge is 0.227 e. The van der Waals surface area contributed by atoms with Crippen LogP contribution in [0.4, 0.5) is 5.69 Å². The monoisotopic (exact) mass is 375 g/mol. The van der Waals surface area contributed by atoms with E-state index in [4.69, 9.17) is 0 Å². The number of benzene rings is 1. The summed E-state index contributed by atoms with van der Waals surface area (Å²) in [6.45, 7) is 0.867. The molecule has 1 unspecified atom stereocenters. The van der Waals surface area contributed by atoms with Crippen LogP contribution in [-0.2, 0) is 22.4 Å². The zero-order valence-electron chi connectivity index (χ0n) is 16.3. The zero-order valence-corrected chi connectivity index (χ0v) is 16.3. The Morgan fingerprint density at radius 1 is 1.00 bits per heavy atom. The quantitative estimate of drug-likeness (QED) is 0.805. The van der Waals surface area contributed by atoms with Crippen molar-refractivity contribution in [3.05, 3.63) is 47.3 Å². The Bertz CT molecular complexity index is 968. The van der Waals surface area contributed by atoms with E-state index in [-0.39, 0.29) is 17.9 Å². The number of rotatable bonds is 2. The summed E-state index contributed by atoms with van der Waals surface area (Å²) in [4.78, 5) is 32.7. The predicted octanol–water partition coefficient (Wildman–Crippen LogP) is 3.66. The normalized spacial score (nSPS) is 21.7. The second kappa shape index (κ2) is 6.73. The number of aryl methyl sites for hydroxylation is 1. The summed E-state index contributed by atoms with van der Waals surface area (Å²) in [5.74, 6) is 0.460. The summed E-state index contributed by atoms with van der Waals surface area (Å²) in [5, 5.41) is 0. The molecule has 2 amide bonds. The third kappa shape index (κ3) is 2.72. The van der Waals surface area contributed by atoms with Crippen LogP contribution in [0.2, 0.25) is 0 Å². The molecule has 2 aromatic rings. The molecule has 144 valence electrons. The Balaban J connectivity index is 1.56. The molecule has 1 aromatic carbocycles. The van der Waals surface area contributed by atoms with Gasteiger partial charge in [0.15, 0.2) is 0 Å². The molecule has 3 aliphatic rings. The zero-order chi connectivity index (χ0) is 19.3.